The van der Waals surface area contributed by atoms with E-state index in [-0.39, 0.29) is 18.2 Å². The summed E-state index contributed by atoms with van der Waals surface area (Å²) in [6.07, 6.45) is 1.10. The first-order valence-corrected chi connectivity index (χ1v) is 11.4. The van der Waals surface area contributed by atoms with E-state index in [0.29, 0.717) is 16.9 Å². The maximum Gasteiger partial charge on any atom is 0.337 e. The minimum Gasteiger partial charge on any atom is -0.337 e. The van der Waals surface area contributed by atoms with E-state index in [1.165, 1.54) is 4.57 Å². The highest BCUT2D eigenvalue weighted by Crippen LogP contribution is 2.32. The van der Waals surface area contributed by atoms with Gasteiger partial charge in [-0.05, 0) is 24.5 Å². The van der Waals surface area contributed by atoms with Crippen molar-refractivity contribution in [3.8, 4) is 0 Å². The van der Waals surface area contributed by atoms with E-state index < -0.39 is 33.0 Å². The zero-order chi connectivity index (χ0) is 22.3. The molecule has 0 unspecified atom stereocenters. The van der Waals surface area contributed by atoms with Crippen LogP contribution in [0.4, 0.5) is 4.79 Å². The van der Waals surface area contributed by atoms with Crippen LogP contribution in [0.25, 0.3) is 11.0 Å². The molecule has 0 aliphatic rings. The highest BCUT2D eigenvalue weighted by molar-refractivity contribution is 7.90. The largest absolute Gasteiger partial charge is 0.337 e. The van der Waals surface area contributed by atoms with Gasteiger partial charge in [-0.3, -0.25) is 4.57 Å². The first kappa shape index (κ1) is 21.8. The molecule has 3 rings (SSSR count). The van der Waals surface area contributed by atoms with Gasteiger partial charge >= 0.3 is 11.7 Å². The molecule has 1 amide bonds. The summed E-state index contributed by atoms with van der Waals surface area (Å²) in [7, 11) is -3.29. The molecule has 1 aromatic carbocycles. The summed E-state index contributed by atoms with van der Waals surface area (Å²) in [5.41, 5.74) is -0.246. The third kappa shape index (κ3) is 4.45. The van der Waals surface area contributed by atoms with Crippen LogP contribution in [0.15, 0.2) is 33.6 Å². The van der Waals surface area contributed by atoms with Gasteiger partial charge in [0.1, 0.15) is 15.9 Å². The third-order valence-electron chi connectivity index (χ3n) is 4.65. The smallest absolute Gasteiger partial charge is 0.337 e. The number of nitrogens with one attached hydrogen (secondary N) is 1. The summed E-state index contributed by atoms with van der Waals surface area (Å²) in [5.74, 6) is 0.458. The minimum atomic E-state index is -3.29. The molecular formula is C19H25N5O5S. The van der Waals surface area contributed by atoms with Crippen molar-refractivity contribution in [1.29, 1.82) is 0 Å². The molecule has 30 heavy (non-hydrogen) atoms. The van der Waals surface area contributed by atoms with Crippen molar-refractivity contribution in [3.05, 3.63) is 46.5 Å². The number of rotatable bonds is 5. The number of aryl methyl sites for hydroxylation is 2. The summed E-state index contributed by atoms with van der Waals surface area (Å²) in [6, 6.07) is 5.43. The zero-order valence-corrected chi connectivity index (χ0v) is 18.4. The summed E-state index contributed by atoms with van der Waals surface area (Å²) < 4.78 is 30.7. The molecule has 2 heterocycles. The maximum atomic E-state index is 13.2. The second-order valence-corrected chi connectivity index (χ2v) is 10.6. The van der Waals surface area contributed by atoms with Crippen molar-refractivity contribution < 1.29 is 17.7 Å². The quantitative estimate of drug-likeness (QED) is 0.648. The number of amides is 1. The van der Waals surface area contributed by atoms with E-state index in [9.17, 15) is 18.0 Å². The molecule has 0 aliphatic heterocycles. The van der Waals surface area contributed by atoms with E-state index in [2.05, 4.69) is 15.5 Å². The van der Waals surface area contributed by atoms with Crippen molar-refractivity contribution in [3.63, 3.8) is 0 Å². The monoisotopic (exact) mass is 435 g/mol. The Morgan fingerprint density at radius 1 is 1.23 bits per heavy atom. The predicted octanol–water partition coefficient (Wildman–Crippen LogP) is 1.88. The Bertz CT molecular complexity index is 1250. The van der Waals surface area contributed by atoms with Crippen LogP contribution in [-0.4, -0.2) is 45.7 Å². The second-order valence-electron chi connectivity index (χ2n) is 8.32. The van der Waals surface area contributed by atoms with E-state index in [0.717, 1.165) is 10.8 Å². The molecule has 0 spiro atoms. The van der Waals surface area contributed by atoms with Gasteiger partial charge in [0.15, 0.2) is 5.82 Å². The number of fused-ring (bicyclic) bond motifs is 1. The molecule has 1 N–H and O–H groups in total. The normalized spacial score (nSPS) is 13.5. The van der Waals surface area contributed by atoms with Gasteiger partial charge in [-0.25, -0.2) is 22.6 Å². The lowest BCUT2D eigenvalue weighted by atomic mass is 9.86. The summed E-state index contributed by atoms with van der Waals surface area (Å²) in [6.45, 7) is 7.32. The molecule has 3 aromatic rings. The number of imidazole rings is 1. The summed E-state index contributed by atoms with van der Waals surface area (Å²) in [5, 5.41) is 6.60. The molecule has 0 saturated carbocycles. The van der Waals surface area contributed by atoms with Crippen molar-refractivity contribution >= 4 is 26.9 Å². The molecule has 162 valence electrons. The average Bonchev–Trinajstić information content (AvgIpc) is 3.16. The molecule has 11 heteroatoms. The second kappa shape index (κ2) is 7.71. The fraction of sp³-hybridized carbons (Fsp3) is 0.474. The van der Waals surface area contributed by atoms with Crippen LogP contribution in [-0.2, 0) is 16.4 Å². The SMILES string of the molecule is Cc1noc([C@@H](NC(=O)n2c(=O)n(CCS(C)(=O)=O)c3ccccc32)C(C)(C)C)n1. The number of hydrogen-bond acceptors (Lipinski definition) is 7. The van der Waals surface area contributed by atoms with Crippen molar-refractivity contribution in [2.75, 3.05) is 12.0 Å². The Hall–Kier alpha value is -2.95. The third-order valence-corrected chi connectivity index (χ3v) is 5.57. The summed E-state index contributed by atoms with van der Waals surface area (Å²) in [4.78, 5) is 30.4. The molecule has 0 fully saturated rings. The highest BCUT2D eigenvalue weighted by atomic mass is 32.2. The Morgan fingerprint density at radius 2 is 1.87 bits per heavy atom. The van der Waals surface area contributed by atoms with Crippen molar-refractivity contribution in [2.45, 2.75) is 40.3 Å². The van der Waals surface area contributed by atoms with Crippen LogP contribution in [0.5, 0.6) is 0 Å². The number of hydrogen-bond donors (Lipinski definition) is 1. The Morgan fingerprint density at radius 3 is 2.40 bits per heavy atom. The van der Waals surface area contributed by atoms with E-state index in [1.807, 2.05) is 20.8 Å². The number of para-hydroxylation sites is 2. The number of aromatic nitrogens is 4. The van der Waals surface area contributed by atoms with E-state index in [1.54, 1.807) is 31.2 Å². The lowest BCUT2D eigenvalue weighted by Crippen LogP contribution is -2.43. The van der Waals surface area contributed by atoms with Gasteiger partial charge in [-0.15, -0.1) is 0 Å². The molecule has 10 nitrogen and oxygen atoms in total. The first-order chi connectivity index (χ1) is 13.9. The van der Waals surface area contributed by atoms with Crippen LogP contribution in [0.2, 0.25) is 0 Å². The Labute approximate surface area is 173 Å². The van der Waals surface area contributed by atoms with Gasteiger partial charge < -0.3 is 9.84 Å². The minimum absolute atomic E-state index is 0.0516. The standard InChI is InChI=1S/C19H25N5O5S/c1-12-20-16(29-22-12)15(19(2,3)4)21-17(25)24-14-9-7-6-8-13(14)23(18(24)26)10-11-30(5,27)28/h6-9,15H,10-11H2,1-5H3,(H,21,25)/t15-/m1/s1. The van der Waals surface area contributed by atoms with Gasteiger partial charge in [0.25, 0.3) is 0 Å². The van der Waals surface area contributed by atoms with Gasteiger partial charge in [-0.1, -0.05) is 38.1 Å². The maximum absolute atomic E-state index is 13.2. The number of carbonyl (C=O) groups is 1. The fourth-order valence-corrected chi connectivity index (χ4v) is 3.66. The molecule has 1 atom stereocenters. The number of benzene rings is 1. The molecular weight excluding hydrogens is 410 g/mol. The fourth-order valence-electron chi connectivity index (χ4n) is 3.14. The zero-order valence-electron chi connectivity index (χ0n) is 17.5. The lowest BCUT2D eigenvalue weighted by molar-refractivity contribution is 0.197. The van der Waals surface area contributed by atoms with Crippen LogP contribution in [0, 0.1) is 12.3 Å². The van der Waals surface area contributed by atoms with Crippen LogP contribution in [0.1, 0.15) is 38.5 Å². The van der Waals surface area contributed by atoms with Gasteiger partial charge in [-0.2, -0.15) is 4.98 Å². The molecule has 0 radical (unpaired) electrons. The molecule has 0 aliphatic carbocycles. The van der Waals surface area contributed by atoms with Gasteiger partial charge in [0, 0.05) is 12.8 Å². The molecule has 2 aromatic heterocycles. The van der Waals surface area contributed by atoms with Gasteiger partial charge in [0.05, 0.1) is 16.8 Å². The topological polar surface area (TPSA) is 129 Å². The predicted molar refractivity (Wildman–Crippen MR) is 111 cm³/mol. The van der Waals surface area contributed by atoms with Crippen molar-refractivity contribution in [1.82, 2.24) is 24.6 Å². The van der Waals surface area contributed by atoms with E-state index >= 15 is 0 Å². The number of sulfone groups is 1. The van der Waals surface area contributed by atoms with Crippen LogP contribution < -0.4 is 11.0 Å². The number of nitrogens with zero attached hydrogens (tertiary/aromatic N) is 4. The van der Waals surface area contributed by atoms with Gasteiger partial charge in [0.2, 0.25) is 5.89 Å². The Balaban J connectivity index is 2.04. The van der Waals surface area contributed by atoms with Crippen molar-refractivity contribution in [2.24, 2.45) is 5.41 Å². The highest BCUT2D eigenvalue weighted by Gasteiger charge is 2.34. The van der Waals surface area contributed by atoms with Crippen LogP contribution in [0.3, 0.4) is 0 Å². The molecule has 0 saturated heterocycles. The Kier molecular flexibility index (Phi) is 5.59. The van der Waals surface area contributed by atoms with Crippen LogP contribution >= 0.6 is 0 Å². The average molecular weight is 436 g/mol. The lowest BCUT2D eigenvalue weighted by Gasteiger charge is -2.28. The van der Waals surface area contributed by atoms with E-state index in [4.69, 9.17) is 4.52 Å². The summed E-state index contributed by atoms with van der Waals surface area (Å²) >= 11 is 0. The molecule has 0 bridgehead atoms. The first-order valence-electron chi connectivity index (χ1n) is 9.37. The number of carbonyl (C=O) groups excluding carboxylic acids is 1.